The summed E-state index contributed by atoms with van der Waals surface area (Å²) in [5.41, 5.74) is -2.36. The highest BCUT2D eigenvalue weighted by Gasteiger charge is 2.61. The first-order valence-electron chi connectivity index (χ1n) is 6.20. The fraction of sp³-hybridized carbons (Fsp3) is 0.727. The number of nitrogens with zero attached hydrogens (tertiary/aromatic N) is 3. The maximum Gasteiger partial charge on any atom is 0.404 e. The Morgan fingerprint density at radius 1 is 1.60 bits per heavy atom. The summed E-state index contributed by atoms with van der Waals surface area (Å²) in [5, 5.41) is 12.4. The van der Waals surface area contributed by atoms with Crippen LogP contribution in [0, 0.1) is 5.41 Å². The van der Waals surface area contributed by atoms with E-state index in [0.717, 1.165) is 0 Å². The molecule has 2 heterocycles. The summed E-state index contributed by atoms with van der Waals surface area (Å²) in [5.74, 6) is -0.618. The van der Waals surface area contributed by atoms with Gasteiger partial charge in [-0.05, 0) is 19.9 Å². The van der Waals surface area contributed by atoms with Crippen LogP contribution in [0.2, 0.25) is 0 Å². The zero-order valence-electron chi connectivity index (χ0n) is 11.2. The molecule has 1 aliphatic rings. The van der Waals surface area contributed by atoms with Gasteiger partial charge < -0.3 is 15.2 Å². The number of nitrogens with one attached hydrogen (secondary N) is 2. The molecule has 0 radical (unpaired) electrons. The van der Waals surface area contributed by atoms with Crippen LogP contribution in [0.1, 0.15) is 25.2 Å². The second kappa shape index (κ2) is 5.04. The number of carbonyl (C=O) groups excluding carboxylic acids is 1. The highest BCUT2D eigenvalue weighted by molar-refractivity contribution is 5.84. The molecule has 9 heteroatoms. The summed E-state index contributed by atoms with van der Waals surface area (Å²) in [6, 6.07) is -0.644. The zero-order valence-corrected chi connectivity index (χ0v) is 11.2. The number of halogens is 3. The number of hydrogen-bond donors (Lipinski definition) is 2. The molecule has 0 spiro atoms. The van der Waals surface area contributed by atoms with Crippen LogP contribution < -0.4 is 10.6 Å². The maximum absolute atomic E-state index is 13.2. The predicted molar refractivity (Wildman–Crippen MR) is 63.5 cm³/mol. The van der Waals surface area contributed by atoms with Crippen LogP contribution in [0.4, 0.5) is 13.2 Å². The predicted octanol–water partition coefficient (Wildman–Crippen LogP) is 0.534. The van der Waals surface area contributed by atoms with Gasteiger partial charge in [-0.1, -0.05) is 0 Å². The lowest BCUT2D eigenvalue weighted by atomic mass is 9.85. The molecule has 0 aromatic carbocycles. The first-order chi connectivity index (χ1) is 9.28. The summed E-state index contributed by atoms with van der Waals surface area (Å²) in [6.45, 7) is 1.35. The monoisotopic (exact) mass is 291 g/mol. The minimum atomic E-state index is -4.58. The van der Waals surface area contributed by atoms with Gasteiger partial charge in [-0.2, -0.15) is 13.2 Å². The SMILES string of the molecule is CC(NC(=O)C1(C(F)(F)F)CCNC1)c1nncn1C. The van der Waals surface area contributed by atoms with E-state index in [-0.39, 0.29) is 13.0 Å². The van der Waals surface area contributed by atoms with Gasteiger partial charge >= 0.3 is 6.18 Å². The fourth-order valence-electron chi connectivity index (χ4n) is 2.34. The number of rotatable bonds is 3. The minimum Gasteiger partial charge on any atom is -0.346 e. The van der Waals surface area contributed by atoms with E-state index in [2.05, 4.69) is 20.8 Å². The van der Waals surface area contributed by atoms with Crippen molar-refractivity contribution in [3.8, 4) is 0 Å². The number of alkyl halides is 3. The van der Waals surface area contributed by atoms with Crippen molar-refractivity contribution in [3.05, 3.63) is 12.2 Å². The third-order valence-corrected chi connectivity index (χ3v) is 3.61. The molecule has 1 aliphatic heterocycles. The smallest absolute Gasteiger partial charge is 0.346 e. The molecule has 1 aromatic heterocycles. The Hall–Kier alpha value is -1.64. The van der Waals surface area contributed by atoms with Crippen molar-refractivity contribution in [1.82, 2.24) is 25.4 Å². The van der Waals surface area contributed by atoms with Crippen LogP contribution in [0.5, 0.6) is 0 Å². The molecule has 0 aliphatic carbocycles. The van der Waals surface area contributed by atoms with Crippen molar-refractivity contribution in [1.29, 1.82) is 0 Å². The van der Waals surface area contributed by atoms with Gasteiger partial charge in [0.1, 0.15) is 6.33 Å². The van der Waals surface area contributed by atoms with Gasteiger partial charge in [0.25, 0.3) is 0 Å². The Kier molecular flexibility index (Phi) is 3.72. The van der Waals surface area contributed by atoms with E-state index in [1.165, 1.54) is 6.33 Å². The normalized spacial score (nSPS) is 24.6. The van der Waals surface area contributed by atoms with Crippen molar-refractivity contribution in [2.45, 2.75) is 25.6 Å². The Balaban J connectivity index is 2.16. The van der Waals surface area contributed by atoms with Crippen LogP contribution in [0.25, 0.3) is 0 Å². The largest absolute Gasteiger partial charge is 0.404 e. The quantitative estimate of drug-likeness (QED) is 0.852. The lowest BCUT2D eigenvalue weighted by Gasteiger charge is -2.30. The van der Waals surface area contributed by atoms with Crippen LogP contribution in [-0.2, 0) is 11.8 Å². The van der Waals surface area contributed by atoms with Gasteiger partial charge in [0, 0.05) is 13.6 Å². The minimum absolute atomic E-state index is 0.172. The standard InChI is InChI=1S/C11H16F3N5O/c1-7(8-18-16-6-19(8)2)17-9(20)10(11(12,13)14)3-4-15-5-10/h6-7,15H,3-5H2,1-2H3,(H,17,20). The number of aryl methyl sites for hydroxylation is 1. The molecule has 2 rings (SSSR count). The highest BCUT2D eigenvalue weighted by Crippen LogP contribution is 2.43. The summed E-state index contributed by atoms with van der Waals surface area (Å²) >= 11 is 0. The van der Waals surface area contributed by atoms with Crippen molar-refractivity contribution < 1.29 is 18.0 Å². The Morgan fingerprint density at radius 2 is 2.30 bits per heavy atom. The third-order valence-electron chi connectivity index (χ3n) is 3.61. The average molecular weight is 291 g/mol. The molecule has 6 nitrogen and oxygen atoms in total. The molecule has 2 unspecified atom stereocenters. The van der Waals surface area contributed by atoms with Crippen molar-refractivity contribution in [2.75, 3.05) is 13.1 Å². The van der Waals surface area contributed by atoms with Crippen molar-refractivity contribution in [3.63, 3.8) is 0 Å². The van der Waals surface area contributed by atoms with Crippen LogP contribution >= 0.6 is 0 Å². The highest BCUT2D eigenvalue weighted by atomic mass is 19.4. The van der Waals surface area contributed by atoms with Gasteiger partial charge in [-0.25, -0.2) is 0 Å². The van der Waals surface area contributed by atoms with Gasteiger partial charge in [-0.3, -0.25) is 4.79 Å². The first-order valence-corrected chi connectivity index (χ1v) is 6.20. The molecule has 0 saturated carbocycles. The Bertz CT molecular complexity index is 492. The lowest BCUT2D eigenvalue weighted by molar-refractivity contribution is -0.216. The zero-order chi connectivity index (χ0) is 15.0. The van der Waals surface area contributed by atoms with E-state index in [1.807, 2.05) is 0 Å². The summed E-state index contributed by atoms with van der Waals surface area (Å²) in [4.78, 5) is 12.1. The second-order valence-electron chi connectivity index (χ2n) is 5.00. The van der Waals surface area contributed by atoms with E-state index in [1.54, 1.807) is 18.5 Å². The summed E-state index contributed by atoms with van der Waals surface area (Å²) in [6.07, 6.45) is -3.41. The molecule has 1 aromatic rings. The van der Waals surface area contributed by atoms with Crippen molar-refractivity contribution >= 4 is 5.91 Å². The topological polar surface area (TPSA) is 71.8 Å². The van der Waals surface area contributed by atoms with E-state index in [9.17, 15) is 18.0 Å². The van der Waals surface area contributed by atoms with Gasteiger partial charge in [0.05, 0.1) is 6.04 Å². The summed E-state index contributed by atoms with van der Waals surface area (Å²) in [7, 11) is 1.66. The Morgan fingerprint density at radius 3 is 2.75 bits per heavy atom. The van der Waals surface area contributed by atoms with E-state index < -0.39 is 30.1 Å². The molecule has 1 amide bonds. The van der Waals surface area contributed by atoms with Crippen molar-refractivity contribution in [2.24, 2.45) is 12.5 Å². The Labute approximate surface area is 113 Å². The lowest BCUT2D eigenvalue weighted by Crippen LogP contribution is -2.52. The molecule has 2 N–H and O–H groups in total. The molecular weight excluding hydrogens is 275 g/mol. The second-order valence-corrected chi connectivity index (χ2v) is 5.00. The molecule has 112 valence electrons. The number of hydrogen-bond acceptors (Lipinski definition) is 4. The van der Waals surface area contributed by atoms with Gasteiger partial charge in [-0.15, -0.1) is 10.2 Å². The first kappa shape index (κ1) is 14.8. The molecule has 1 fully saturated rings. The molecule has 0 bridgehead atoms. The molecule has 1 saturated heterocycles. The van der Waals surface area contributed by atoms with Crippen LogP contribution in [0.3, 0.4) is 0 Å². The third kappa shape index (κ3) is 2.37. The van der Waals surface area contributed by atoms with Gasteiger partial charge in [0.2, 0.25) is 5.91 Å². The molecular formula is C11H16F3N5O. The van der Waals surface area contributed by atoms with E-state index >= 15 is 0 Å². The fourth-order valence-corrected chi connectivity index (χ4v) is 2.34. The van der Waals surface area contributed by atoms with E-state index in [0.29, 0.717) is 5.82 Å². The number of aromatic nitrogens is 3. The molecule has 2 atom stereocenters. The van der Waals surface area contributed by atoms with Crippen LogP contribution in [0.15, 0.2) is 6.33 Å². The van der Waals surface area contributed by atoms with E-state index in [4.69, 9.17) is 0 Å². The number of amides is 1. The van der Waals surface area contributed by atoms with Gasteiger partial charge in [0.15, 0.2) is 11.2 Å². The van der Waals surface area contributed by atoms with Crippen LogP contribution in [-0.4, -0.2) is 39.9 Å². The summed E-state index contributed by atoms with van der Waals surface area (Å²) < 4.78 is 41.2. The maximum atomic E-state index is 13.2. The average Bonchev–Trinajstić information content (AvgIpc) is 2.96. The number of carbonyl (C=O) groups is 1. The molecule has 20 heavy (non-hydrogen) atoms.